The lowest BCUT2D eigenvalue weighted by Crippen LogP contribution is -2.38. The fraction of sp³-hybridized carbons (Fsp3) is 0.941. The van der Waals surface area contributed by atoms with Gasteiger partial charge in [0.25, 0.3) is 0 Å². The van der Waals surface area contributed by atoms with Gasteiger partial charge < -0.3 is 0 Å². The van der Waals surface area contributed by atoms with E-state index in [2.05, 4.69) is 6.92 Å². The number of carbonyl (C=O) groups excluding carboxylic acids is 1. The van der Waals surface area contributed by atoms with Gasteiger partial charge in [0.2, 0.25) is 15.9 Å². The standard InChI is InChI=1S/C17H37N2O3PS3/c1-6-11-13-15-25-23(24,18(9-4)17(20)14-12-7-2)19(10-5)26(21,22)16-8-3/h6-16H2,1-5H3. The number of nitrogens with zero attached hydrogens (tertiary/aromatic N) is 2. The summed E-state index contributed by atoms with van der Waals surface area (Å²) >= 11 is 7.53. The van der Waals surface area contributed by atoms with Gasteiger partial charge >= 0.3 is 0 Å². The summed E-state index contributed by atoms with van der Waals surface area (Å²) in [5, 5.41) is 0. The van der Waals surface area contributed by atoms with E-state index < -0.39 is 15.6 Å². The zero-order valence-electron chi connectivity index (χ0n) is 17.1. The summed E-state index contributed by atoms with van der Waals surface area (Å²) in [6.07, 6.45) is 5.90. The fourth-order valence-electron chi connectivity index (χ4n) is 2.64. The Balaban J connectivity index is 5.83. The number of amides is 1. The van der Waals surface area contributed by atoms with Crippen LogP contribution in [0.2, 0.25) is 0 Å². The highest BCUT2D eigenvalue weighted by molar-refractivity contribution is 8.70. The molecule has 0 aliphatic rings. The Labute approximate surface area is 170 Å². The summed E-state index contributed by atoms with van der Waals surface area (Å²) in [4.78, 5) is 12.8. The lowest BCUT2D eigenvalue weighted by atomic mass is 10.2. The topological polar surface area (TPSA) is 57.7 Å². The van der Waals surface area contributed by atoms with Gasteiger partial charge in [-0.3, -0.25) is 9.46 Å². The van der Waals surface area contributed by atoms with E-state index >= 15 is 0 Å². The van der Waals surface area contributed by atoms with E-state index in [0.717, 1.165) is 37.9 Å². The average molecular weight is 445 g/mol. The first kappa shape index (κ1) is 26.4. The highest BCUT2D eigenvalue weighted by Gasteiger charge is 2.40. The van der Waals surface area contributed by atoms with E-state index in [-0.39, 0.29) is 11.7 Å². The molecule has 1 unspecified atom stereocenters. The molecular formula is C17H37N2O3PS3. The Kier molecular flexibility index (Phi) is 13.7. The first-order valence-corrected chi connectivity index (χ1v) is 15.7. The van der Waals surface area contributed by atoms with E-state index in [4.69, 9.17) is 11.8 Å². The maximum atomic E-state index is 12.9. The van der Waals surface area contributed by atoms with E-state index in [0.29, 0.717) is 25.9 Å². The molecule has 0 radical (unpaired) electrons. The molecule has 0 bridgehead atoms. The Bertz CT molecular complexity index is 555. The molecular weight excluding hydrogens is 407 g/mol. The second-order valence-electron chi connectivity index (χ2n) is 6.20. The minimum atomic E-state index is -3.47. The SMILES string of the molecule is CCCCCSP(=S)(N(CC)C(=O)CCCC)N(CC)S(=O)(=O)CCC. The van der Waals surface area contributed by atoms with Crippen molar-refractivity contribution >= 4 is 44.7 Å². The number of carbonyl (C=O) groups is 1. The van der Waals surface area contributed by atoms with Crippen LogP contribution in [0, 0.1) is 0 Å². The zero-order chi connectivity index (χ0) is 20.2. The molecule has 0 N–H and O–H groups in total. The molecule has 0 saturated carbocycles. The van der Waals surface area contributed by atoms with Gasteiger partial charge in [-0.05, 0) is 38.0 Å². The largest absolute Gasteiger partial charge is 0.295 e. The summed E-state index contributed by atoms with van der Waals surface area (Å²) in [7, 11) is -3.47. The number of unbranched alkanes of at least 4 members (excludes halogenated alkanes) is 3. The quantitative estimate of drug-likeness (QED) is 0.255. The van der Waals surface area contributed by atoms with E-state index in [1.54, 1.807) is 4.67 Å². The van der Waals surface area contributed by atoms with Crippen molar-refractivity contribution in [2.24, 2.45) is 0 Å². The van der Waals surface area contributed by atoms with Crippen LogP contribution in [-0.4, -0.2) is 47.7 Å². The molecule has 0 aromatic rings. The van der Waals surface area contributed by atoms with Crippen molar-refractivity contribution in [2.45, 2.75) is 79.6 Å². The Hall–Kier alpha value is 0.380. The molecule has 0 aromatic carbocycles. The monoisotopic (exact) mass is 444 g/mol. The van der Waals surface area contributed by atoms with Crippen LogP contribution in [0.15, 0.2) is 0 Å². The maximum Gasteiger partial charge on any atom is 0.227 e. The highest BCUT2D eigenvalue weighted by Crippen LogP contribution is 2.66. The molecule has 0 heterocycles. The number of rotatable bonds is 15. The molecule has 0 aromatic heterocycles. The number of sulfonamides is 1. The summed E-state index contributed by atoms with van der Waals surface area (Å²) < 4.78 is 29.0. The van der Waals surface area contributed by atoms with Gasteiger partial charge in [0.15, 0.2) is 5.54 Å². The third-order valence-corrected chi connectivity index (χ3v) is 15.5. The molecule has 156 valence electrons. The molecule has 0 fully saturated rings. The van der Waals surface area contributed by atoms with Gasteiger partial charge in [0, 0.05) is 25.3 Å². The van der Waals surface area contributed by atoms with Crippen molar-refractivity contribution in [1.82, 2.24) is 8.75 Å². The number of hydrogen-bond acceptors (Lipinski definition) is 5. The van der Waals surface area contributed by atoms with Crippen molar-refractivity contribution in [3.63, 3.8) is 0 Å². The summed E-state index contributed by atoms with van der Waals surface area (Å²) in [5.74, 6) is 0.863. The van der Waals surface area contributed by atoms with Crippen molar-refractivity contribution < 1.29 is 13.2 Å². The lowest BCUT2D eigenvalue weighted by Gasteiger charge is -2.40. The Morgan fingerprint density at radius 3 is 2.04 bits per heavy atom. The van der Waals surface area contributed by atoms with Gasteiger partial charge in [-0.1, -0.05) is 58.3 Å². The predicted octanol–water partition coefficient (Wildman–Crippen LogP) is 5.23. The second-order valence-corrected chi connectivity index (χ2v) is 15.6. The van der Waals surface area contributed by atoms with Crippen LogP contribution >= 0.6 is 16.9 Å². The van der Waals surface area contributed by atoms with Gasteiger partial charge in [-0.2, -0.15) is 0 Å². The third-order valence-electron chi connectivity index (χ3n) is 3.98. The van der Waals surface area contributed by atoms with Crippen molar-refractivity contribution in [3.05, 3.63) is 0 Å². The van der Waals surface area contributed by atoms with Crippen LogP contribution in [0.1, 0.15) is 79.6 Å². The minimum Gasteiger partial charge on any atom is -0.295 e. The van der Waals surface area contributed by atoms with E-state index in [1.807, 2.05) is 27.7 Å². The van der Waals surface area contributed by atoms with E-state index in [9.17, 15) is 13.2 Å². The first-order chi connectivity index (χ1) is 12.2. The maximum absolute atomic E-state index is 12.9. The molecule has 0 rings (SSSR count). The first-order valence-electron chi connectivity index (χ1n) is 9.81. The van der Waals surface area contributed by atoms with Crippen LogP contribution < -0.4 is 0 Å². The zero-order valence-corrected chi connectivity index (χ0v) is 20.4. The molecule has 0 aliphatic carbocycles. The van der Waals surface area contributed by atoms with Crippen LogP contribution in [-0.2, 0) is 26.6 Å². The molecule has 9 heteroatoms. The lowest BCUT2D eigenvalue weighted by molar-refractivity contribution is -0.126. The molecule has 0 aliphatic heterocycles. The summed E-state index contributed by atoms with van der Waals surface area (Å²) in [6, 6.07) is 0. The van der Waals surface area contributed by atoms with Crippen LogP contribution in [0.25, 0.3) is 0 Å². The van der Waals surface area contributed by atoms with E-state index in [1.165, 1.54) is 15.5 Å². The van der Waals surface area contributed by atoms with Gasteiger partial charge in [-0.15, -0.1) is 4.08 Å². The van der Waals surface area contributed by atoms with Crippen molar-refractivity contribution in [2.75, 3.05) is 24.6 Å². The van der Waals surface area contributed by atoms with Crippen LogP contribution in [0.3, 0.4) is 0 Å². The number of hydrogen-bond donors (Lipinski definition) is 0. The molecule has 26 heavy (non-hydrogen) atoms. The molecule has 5 nitrogen and oxygen atoms in total. The van der Waals surface area contributed by atoms with Crippen molar-refractivity contribution in [3.8, 4) is 0 Å². The molecule has 0 saturated heterocycles. The smallest absolute Gasteiger partial charge is 0.227 e. The second kappa shape index (κ2) is 13.5. The molecule has 1 atom stereocenters. The van der Waals surface area contributed by atoms with Gasteiger partial charge in [-0.25, -0.2) is 8.42 Å². The van der Waals surface area contributed by atoms with Crippen molar-refractivity contribution in [1.29, 1.82) is 0 Å². The average Bonchev–Trinajstić information content (AvgIpc) is 2.57. The predicted molar refractivity (Wildman–Crippen MR) is 120 cm³/mol. The summed E-state index contributed by atoms with van der Waals surface area (Å²) in [5.41, 5.74) is -2.75. The highest BCUT2D eigenvalue weighted by atomic mass is 32.9. The van der Waals surface area contributed by atoms with Crippen LogP contribution in [0.5, 0.6) is 0 Å². The molecule has 1 amide bonds. The minimum absolute atomic E-state index is 0.00850. The van der Waals surface area contributed by atoms with Gasteiger partial charge in [0.05, 0.1) is 5.75 Å². The van der Waals surface area contributed by atoms with Crippen LogP contribution in [0.4, 0.5) is 0 Å². The Morgan fingerprint density at radius 2 is 1.58 bits per heavy atom. The summed E-state index contributed by atoms with van der Waals surface area (Å²) in [6.45, 7) is 10.5. The van der Waals surface area contributed by atoms with Gasteiger partial charge in [0.1, 0.15) is 0 Å². The normalized spacial score (nSPS) is 14.4. The molecule has 0 spiro atoms. The Morgan fingerprint density at radius 1 is 0.962 bits per heavy atom. The third kappa shape index (κ3) is 7.78. The fourth-order valence-corrected chi connectivity index (χ4v) is 14.5.